The van der Waals surface area contributed by atoms with Gasteiger partial charge in [-0.2, -0.15) is 0 Å². The normalized spacial score (nSPS) is 40.0. The van der Waals surface area contributed by atoms with Crippen molar-refractivity contribution in [2.75, 3.05) is 6.61 Å². The van der Waals surface area contributed by atoms with Crippen molar-refractivity contribution in [3.05, 3.63) is 0 Å². The van der Waals surface area contributed by atoms with Crippen molar-refractivity contribution in [2.45, 2.75) is 25.5 Å². The Morgan fingerprint density at radius 1 is 1.90 bits per heavy atom. The van der Waals surface area contributed by atoms with Crippen molar-refractivity contribution >= 4 is 6.29 Å². The number of alkyl halides is 1. The summed E-state index contributed by atoms with van der Waals surface area (Å²) in [5.41, 5.74) is 0. The predicted molar refractivity (Wildman–Crippen MR) is 31.0 cm³/mol. The number of halogens is 1. The van der Waals surface area contributed by atoms with Gasteiger partial charge in [-0.05, 0) is 0 Å². The average Bonchev–Trinajstić information content (AvgIpc) is 2.33. The van der Waals surface area contributed by atoms with Crippen molar-refractivity contribution in [1.29, 1.82) is 0 Å². The summed E-state index contributed by atoms with van der Waals surface area (Å²) in [5, 5.41) is 0. The molecule has 4 heteroatoms. The Hall–Kier alpha value is -0.480. The molecular formula is C6H9FO3. The Bertz CT molecular complexity index is 139. The molecule has 0 bridgehead atoms. The molecule has 10 heavy (non-hydrogen) atoms. The molecule has 1 heterocycles. The Morgan fingerprint density at radius 3 is 2.90 bits per heavy atom. The van der Waals surface area contributed by atoms with E-state index < -0.39 is 12.1 Å². The zero-order valence-corrected chi connectivity index (χ0v) is 5.67. The van der Waals surface area contributed by atoms with Gasteiger partial charge in [0.1, 0.15) is 6.61 Å². The van der Waals surface area contributed by atoms with Crippen LogP contribution in [0.5, 0.6) is 0 Å². The van der Waals surface area contributed by atoms with E-state index in [0.717, 1.165) is 0 Å². The van der Waals surface area contributed by atoms with Gasteiger partial charge in [0.25, 0.3) is 0 Å². The van der Waals surface area contributed by atoms with Crippen LogP contribution in [0.15, 0.2) is 0 Å². The van der Waals surface area contributed by atoms with Gasteiger partial charge in [-0.25, -0.2) is 4.39 Å². The molecule has 0 aliphatic carbocycles. The van der Waals surface area contributed by atoms with Crippen LogP contribution in [0.2, 0.25) is 0 Å². The molecule has 1 saturated heterocycles. The predicted octanol–water partition coefficient (Wildman–Crippen LogP) is 0.634. The molecule has 0 N–H and O–H groups in total. The SMILES string of the molecule is CCC1(F)COC(C=O)O1. The van der Waals surface area contributed by atoms with Crippen LogP contribution in [0.4, 0.5) is 4.39 Å². The van der Waals surface area contributed by atoms with Gasteiger partial charge in [-0.1, -0.05) is 6.92 Å². The van der Waals surface area contributed by atoms with Crippen LogP contribution in [-0.2, 0) is 14.3 Å². The lowest BCUT2D eigenvalue weighted by Gasteiger charge is -2.12. The van der Waals surface area contributed by atoms with Crippen molar-refractivity contribution < 1.29 is 18.7 Å². The van der Waals surface area contributed by atoms with Crippen LogP contribution in [-0.4, -0.2) is 25.0 Å². The van der Waals surface area contributed by atoms with Crippen LogP contribution in [0.3, 0.4) is 0 Å². The van der Waals surface area contributed by atoms with E-state index in [2.05, 4.69) is 9.47 Å². The largest absolute Gasteiger partial charge is 0.340 e. The van der Waals surface area contributed by atoms with E-state index in [4.69, 9.17) is 0 Å². The highest BCUT2D eigenvalue weighted by atomic mass is 19.2. The first kappa shape index (κ1) is 7.63. The number of carbonyl (C=O) groups excluding carboxylic acids is 1. The maximum Gasteiger partial charge on any atom is 0.235 e. The molecule has 0 amide bonds. The van der Waals surface area contributed by atoms with Crippen LogP contribution >= 0.6 is 0 Å². The molecular weight excluding hydrogens is 139 g/mol. The molecule has 3 nitrogen and oxygen atoms in total. The van der Waals surface area contributed by atoms with E-state index in [0.29, 0.717) is 6.29 Å². The van der Waals surface area contributed by atoms with Gasteiger partial charge < -0.3 is 9.47 Å². The minimum atomic E-state index is -1.74. The van der Waals surface area contributed by atoms with E-state index >= 15 is 0 Å². The third kappa shape index (κ3) is 1.33. The number of aldehydes is 1. The molecule has 0 radical (unpaired) electrons. The lowest BCUT2D eigenvalue weighted by molar-refractivity contribution is -0.157. The van der Waals surface area contributed by atoms with Crippen molar-refractivity contribution in [3.8, 4) is 0 Å². The summed E-state index contributed by atoms with van der Waals surface area (Å²) in [7, 11) is 0. The number of ether oxygens (including phenoxy) is 2. The molecule has 58 valence electrons. The summed E-state index contributed by atoms with van der Waals surface area (Å²) in [6.07, 6.45) is -0.362. The standard InChI is InChI=1S/C6H9FO3/c1-2-6(7)4-9-5(3-8)10-6/h3,5H,2,4H2,1H3. The summed E-state index contributed by atoms with van der Waals surface area (Å²) < 4.78 is 22.2. The molecule has 1 fully saturated rings. The maximum absolute atomic E-state index is 13.0. The summed E-state index contributed by atoms with van der Waals surface area (Å²) in [6.45, 7) is 1.49. The lowest BCUT2D eigenvalue weighted by Crippen LogP contribution is -2.25. The Labute approximate surface area is 58.1 Å². The Morgan fingerprint density at radius 2 is 2.60 bits per heavy atom. The minimum absolute atomic E-state index is 0.146. The van der Waals surface area contributed by atoms with Gasteiger partial charge >= 0.3 is 0 Å². The topological polar surface area (TPSA) is 35.5 Å². The van der Waals surface area contributed by atoms with Gasteiger partial charge in [0.15, 0.2) is 6.29 Å². The number of rotatable bonds is 2. The first-order chi connectivity index (χ1) is 4.70. The van der Waals surface area contributed by atoms with Gasteiger partial charge in [-0.15, -0.1) is 0 Å². The number of carbonyl (C=O) groups is 1. The lowest BCUT2D eigenvalue weighted by atomic mass is 10.3. The van der Waals surface area contributed by atoms with E-state index in [-0.39, 0.29) is 13.0 Å². The first-order valence-corrected chi connectivity index (χ1v) is 3.14. The second-order valence-electron chi connectivity index (χ2n) is 2.17. The Balaban J connectivity index is 2.48. The molecule has 1 rings (SSSR count). The van der Waals surface area contributed by atoms with Crippen molar-refractivity contribution in [3.63, 3.8) is 0 Å². The van der Waals surface area contributed by atoms with E-state index in [9.17, 15) is 9.18 Å². The summed E-state index contributed by atoms with van der Waals surface area (Å²) in [4.78, 5) is 9.99. The van der Waals surface area contributed by atoms with E-state index in [1.54, 1.807) is 6.92 Å². The summed E-state index contributed by atoms with van der Waals surface area (Å²) >= 11 is 0. The minimum Gasteiger partial charge on any atom is -0.340 e. The summed E-state index contributed by atoms with van der Waals surface area (Å²) in [5.74, 6) is -1.74. The number of hydrogen-bond donors (Lipinski definition) is 0. The highest BCUT2D eigenvalue weighted by molar-refractivity contribution is 5.54. The fraction of sp³-hybridized carbons (Fsp3) is 0.833. The smallest absolute Gasteiger partial charge is 0.235 e. The molecule has 0 aromatic rings. The molecule has 0 aromatic heterocycles. The fourth-order valence-electron chi connectivity index (χ4n) is 0.735. The zero-order valence-electron chi connectivity index (χ0n) is 5.67. The molecule has 0 aromatic carbocycles. The average molecular weight is 148 g/mol. The van der Waals surface area contributed by atoms with Gasteiger partial charge in [0.2, 0.25) is 12.1 Å². The third-order valence-electron chi connectivity index (χ3n) is 1.43. The maximum atomic E-state index is 13.0. The molecule has 2 atom stereocenters. The van der Waals surface area contributed by atoms with Crippen LogP contribution < -0.4 is 0 Å². The molecule has 1 aliphatic heterocycles. The van der Waals surface area contributed by atoms with Crippen molar-refractivity contribution in [1.82, 2.24) is 0 Å². The molecule has 0 spiro atoms. The second kappa shape index (κ2) is 2.64. The van der Waals surface area contributed by atoms with Gasteiger partial charge in [-0.3, -0.25) is 4.79 Å². The highest BCUT2D eigenvalue weighted by Gasteiger charge is 2.39. The zero-order chi connectivity index (χ0) is 7.61. The van der Waals surface area contributed by atoms with Crippen LogP contribution in [0.1, 0.15) is 13.3 Å². The molecule has 2 unspecified atom stereocenters. The first-order valence-electron chi connectivity index (χ1n) is 3.14. The summed E-state index contributed by atoms with van der Waals surface area (Å²) in [6, 6.07) is 0. The fourth-order valence-corrected chi connectivity index (χ4v) is 0.735. The highest BCUT2D eigenvalue weighted by Crippen LogP contribution is 2.26. The van der Waals surface area contributed by atoms with Gasteiger partial charge in [0, 0.05) is 6.42 Å². The number of hydrogen-bond acceptors (Lipinski definition) is 3. The van der Waals surface area contributed by atoms with Crippen LogP contribution in [0, 0.1) is 0 Å². The Kier molecular flexibility index (Phi) is 2.01. The molecule has 0 saturated carbocycles. The van der Waals surface area contributed by atoms with Crippen molar-refractivity contribution in [2.24, 2.45) is 0 Å². The van der Waals surface area contributed by atoms with E-state index in [1.165, 1.54) is 0 Å². The monoisotopic (exact) mass is 148 g/mol. The quantitative estimate of drug-likeness (QED) is 0.539. The molecule has 1 aliphatic rings. The van der Waals surface area contributed by atoms with Crippen LogP contribution in [0.25, 0.3) is 0 Å². The van der Waals surface area contributed by atoms with E-state index in [1.807, 2.05) is 0 Å². The second-order valence-corrected chi connectivity index (χ2v) is 2.17. The third-order valence-corrected chi connectivity index (χ3v) is 1.43. The van der Waals surface area contributed by atoms with Gasteiger partial charge in [0.05, 0.1) is 0 Å².